The fraction of sp³-hybridized carbons (Fsp3) is 0.222. The highest BCUT2D eigenvalue weighted by molar-refractivity contribution is 7.16. The Morgan fingerprint density at radius 2 is 1.92 bits per heavy atom. The standard InChI is InChI=1S/C18H19N5OS/c1-10-16(25-18(21)22-10)15-8-13(14(9-19)17(20)24-15)11-4-6-12(7-5-11)23(2)3/h4-8,13H,20H2,1-3H3,(H2,21,22). The quantitative estimate of drug-likeness (QED) is 0.880. The van der Waals surface area contributed by atoms with Crippen molar-refractivity contribution in [2.45, 2.75) is 12.8 Å². The Labute approximate surface area is 150 Å². The van der Waals surface area contributed by atoms with Crippen molar-refractivity contribution < 1.29 is 4.74 Å². The minimum atomic E-state index is -0.271. The van der Waals surface area contributed by atoms with Crippen LogP contribution in [-0.4, -0.2) is 19.1 Å². The van der Waals surface area contributed by atoms with E-state index in [1.165, 1.54) is 11.3 Å². The third-order valence-electron chi connectivity index (χ3n) is 4.04. The lowest BCUT2D eigenvalue weighted by atomic mass is 9.89. The molecule has 4 N–H and O–H groups in total. The van der Waals surface area contributed by atoms with Crippen molar-refractivity contribution in [3.05, 3.63) is 57.9 Å². The highest BCUT2D eigenvalue weighted by Gasteiger charge is 2.27. The van der Waals surface area contributed by atoms with E-state index in [0.29, 0.717) is 16.5 Å². The molecule has 7 heteroatoms. The first-order chi connectivity index (χ1) is 11.9. The summed E-state index contributed by atoms with van der Waals surface area (Å²) in [5, 5.41) is 9.99. The van der Waals surface area contributed by atoms with Crippen LogP contribution in [0.3, 0.4) is 0 Å². The summed E-state index contributed by atoms with van der Waals surface area (Å²) in [6, 6.07) is 10.2. The first-order valence-corrected chi connectivity index (χ1v) is 8.52. The zero-order valence-corrected chi connectivity index (χ0v) is 15.1. The Bertz CT molecular complexity index is 903. The fourth-order valence-corrected chi connectivity index (χ4v) is 3.53. The van der Waals surface area contributed by atoms with Gasteiger partial charge in [-0.25, -0.2) is 4.98 Å². The average molecular weight is 353 g/mol. The SMILES string of the molecule is Cc1nc(N)sc1C1=CC(c2ccc(N(C)C)cc2)C(C#N)=C(N)O1. The lowest BCUT2D eigenvalue weighted by Crippen LogP contribution is -2.16. The lowest BCUT2D eigenvalue weighted by molar-refractivity contribution is 0.361. The van der Waals surface area contributed by atoms with E-state index in [4.69, 9.17) is 16.2 Å². The van der Waals surface area contributed by atoms with Crippen LogP contribution in [-0.2, 0) is 4.74 Å². The van der Waals surface area contributed by atoms with Gasteiger partial charge in [0, 0.05) is 25.7 Å². The topological polar surface area (TPSA) is 101 Å². The summed E-state index contributed by atoms with van der Waals surface area (Å²) < 4.78 is 5.69. The maximum Gasteiger partial charge on any atom is 0.205 e. The molecule has 1 aromatic carbocycles. The number of thiazole rings is 1. The lowest BCUT2D eigenvalue weighted by Gasteiger charge is -2.23. The van der Waals surface area contributed by atoms with E-state index in [1.54, 1.807) is 0 Å². The number of aryl methyl sites for hydroxylation is 1. The van der Waals surface area contributed by atoms with Gasteiger partial charge in [0.25, 0.3) is 0 Å². The van der Waals surface area contributed by atoms with Crippen molar-refractivity contribution in [2.24, 2.45) is 5.73 Å². The van der Waals surface area contributed by atoms with Crippen molar-refractivity contribution in [3.8, 4) is 6.07 Å². The highest BCUT2D eigenvalue weighted by Crippen LogP contribution is 2.39. The molecule has 0 saturated heterocycles. The summed E-state index contributed by atoms with van der Waals surface area (Å²) in [5.74, 6) is 0.436. The normalized spacial score (nSPS) is 16.9. The summed E-state index contributed by atoms with van der Waals surface area (Å²) in [6.07, 6.45) is 1.90. The second kappa shape index (κ2) is 6.49. The molecule has 0 spiro atoms. The van der Waals surface area contributed by atoms with Gasteiger partial charge in [0.2, 0.25) is 5.88 Å². The number of nitrogen functional groups attached to an aromatic ring is 1. The molecule has 2 aromatic rings. The average Bonchev–Trinajstić information content (AvgIpc) is 2.92. The number of anilines is 2. The molecular formula is C18H19N5OS. The van der Waals surface area contributed by atoms with Crippen molar-refractivity contribution >= 4 is 27.9 Å². The van der Waals surface area contributed by atoms with Gasteiger partial charge in [-0.1, -0.05) is 23.5 Å². The molecular weight excluding hydrogens is 334 g/mol. The van der Waals surface area contributed by atoms with E-state index in [1.807, 2.05) is 56.3 Å². The van der Waals surface area contributed by atoms with E-state index in [-0.39, 0.29) is 11.8 Å². The van der Waals surface area contributed by atoms with Gasteiger partial charge in [-0.15, -0.1) is 0 Å². The third-order valence-corrected chi connectivity index (χ3v) is 5.04. The molecule has 0 fully saturated rings. The molecule has 0 radical (unpaired) electrons. The second-order valence-corrected chi connectivity index (χ2v) is 6.98. The van der Waals surface area contributed by atoms with Gasteiger partial charge in [-0.2, -0.15) is 5.26 Å². The van der Waals surface area contributed by atoms with E-state index in [9.17, 15) is 5.26 Å². The second-order valence-electron chi connectivity index (χ2n) is 5.95. The Balaban J connectivity index is 2.05. The van der Waals surface area contributed by atoms with E-state index >= 15 is 0 Å². The van der Waals surface area contributed by atoms with Crippen LogP contribution in [0.5, 0.6) is 0 Å². The molecule has 0 amide bonds. The monoisotopic (exact) mass is 353 g/mol. The Hall–Kier alpha value is -2.98. The number of nitrogens with zero attached hydrogens (tertiary/aromatic N) is 3. The molecule has 1 aromatic heterocycles. The van der Waals surface area contributed by atoms with Gasteiger partial charge < -0.3 is 21.1 Å². The molecule has 0 aliphatic carbocycles. The molecule has 1 unspecified atom stereocenters. The van der Waals surface area contributed by atoms with Crippen molar-refractivity contribution in [2.75, 3.05) is 24.7 Å². The van der Waals surface area contributed by atoms with Crippen LogP contribution in [0, 0.1) is 18.3 Å². The van der Waals surface area contributed by atoms with Gasteiger partial charge in [-0.3, -0.25) is 0 Å². The molecule has 1 aliphatic rings. The molecule has 2 heterocycles. The molecule has 1 aliphatic heterocycles. The number of hydrogen-bond acceptors (Lipinski definition) is 7. The van der Waals surface area contributed by atoms with Crippen molar-refractivity contribution in [1.29, 1.82) is 5.26 Å². The highest BCUT2D eigenvalue weighted by atomic mass is 32.1. The zero-order chi connectivity index (χ0) is 18.1. The number of aromatic nitrogens is 1. The molecule has 25 heavy (non-hydrogen) atoms. The smallest absolute Gasteiger partial charge is 0.205 e. The minimum absolute atomic E-state index is 0.119. The summed E-state index contributed by atoms with van der Waals surface area (Å²) in [5.41, 5.74) is 15.0. The molecule has 3 rings (SSSR count). The number of allylic oxidation sites excluding steroid dienone is 2. The first-order valence-electron chi connectivity index (χ1n) is 7.70. The van der Waals surface area contributed by atoms with Gasteiger partial charge in [0.1, 0.15) is 17.4 Å². The first kappa shape index (κ1) is 16.9. The summed E-state index contributed by atoms with van der Waals surface area (Å²) in [7, 11) is 3.97. The number of hydrogen-bond donors (Lipinski definition) is 2. The number of rotatable bonds is 3. The molecule has 0 bridgehead atoms. The van der Waals surface area contributed by atoms with Crippen LogP contribution in [0.15, 0.2) is 41.8 Å². The van der Waals surface area contributed by atoms with Gasteiger partial charge in [0.15, 0.2) is 5.13 Å². The summed E-state index contributed by atoms with van der Waals surface area (Å²) in [6.45, 7) is 1.87. The van der Waals surface area contributed by atoms with Gasteiger partial charge >= 0.3 is 0 Å². The van der Waals surface area contributed by atoms with Crippen molar-refractivity contribution in [1.82, 2.24) is 4.98 Å². The molecule has 128 valence electrons. The van der Waals surface area contributed by atoms with Gasteiger partial charge in [-0.05, 0) is 30.7 Å². The van der Waals surface area contributed by atoms with E-state index < -0.39 is 0 Å². The maximum absolute atomic E-state index is 9.52. The largest absolute Gasteiger partial charge is 0.439 e. The Morgan fingerprint density at radius 3 is 2.44 bits per heavy atom. The van der Waals surface area contributed by atoms with Crippen molar-refractivity contribution in [3.63, 3.8) is 0 Å². The molecule has 1 atom stereocenters. The van der Waals surface area contributed by atoms with Crippen LogP contribution >= 0.6 is 11.3 Å². The Kier molecular flexibility index (Phi) is 4.38. The van der Waals surface area contributed by atoms with Crippen LogP contribution < -0.4 is 16.4 Å². The maximum atomic E-state index is 9.52. The van der Waals surface area contributed by atoms with E-state index in [2.05, 4.69) is 11.1 Å². The van der Waals surface area contributed by atoms with Crippen LogP contribution in [0.1, 0.15) is 22.1 Å². The van der Waals surface area contributed by atoms with Gasteiger partial charge in [0.05, 0.1) is 10.6 Å². The van der Waals surface area contributed by atoms with Crippen LogP contribution in [0.2, 0.25) is 0 Å². The number of nitrogens with two attached hydrogens (primary N) is 2. The summed E-state index contributed by atoms with van der Waals surface area (Å²) >= 11 is 1.34. The molecule has 0 saturated carbocycles. The minimum Gasteiger partial charge on any atom is -0.439 e. The third kappa shape index (κ3) is 3.16. The predicted molar refractivity (Wildman–Crippen MR) is 101 cm³/mol. The summed E-state index contributed by atoms with van der Waals surface area (Å²) in [4.78, 5) is 7.08. The number of ether oxygens (including phenoxy) is 1. The van der Waals surface area contributed by atoms with E-state index in [0.717, 1.165) is 21.8 Å². The predicted octanol–water partition coefficient (Wildman–Crippen LogP) is 2.95. The van der Waals surface area contributed by atoms with Crippen LogP contribution in [0.25, 0.3) is 5.76 Å². The number of nitriles is 1. The Morgan fingerprint density at radius 1 is 1.24 bits per heavy atom. The fourth-order valence-electron chi connectivity index (χ4n) is 2.73. The van der Waals surface area contributed by atoms with Crippen LogP contribution in [0.4, 0.5) is 10.8 Å². The molecule has 6 nitrogen and oxygen atoms in total. The zero-order valence-electron chi connectivity index (χ0n) is 14.3. The number of benzene rings is 1.